The Morgan fingerprint density at radius 1 is 1.08 bits per heavy atom. The third-order valence-corrected chi connectivity index (χ3v) is 7.77. The minimum absolute atomic E-state index is 0.301. The summed E-state index contributed by atoms with van der Waals surface area (Å²) in [4.78, 5) is 13.8. The molecule has 2 aliphatic rings. The van der Waals surface area contributed by atoms with Gasteiger partial charge in [-0.1, -0.05) is 52.0 Å². The number of fused-ring (bicyclic) bond motifs is 3. The molecule has 2 aliphatic carbocycles. The summed E-state index contributed by atoms with van der Waals surface area (Å²) in [5.74, 6) is 0.266. The molecule has 1 saturated carbocycles. The molecule has 0 bridgehead atoms. The lowest BCUT2D eigenvalue weighted by atomic mass is 9.53. The van der Waals surface area contributed by atoms with Crippen LogP contribution in [0.2, 0.25) is 0 Å². The van der Waals surface area contributed by atoms with Crippen molar-refractivity contribution in [2.24, 2.45) is 16.7 Å². The van der Waals surface area contributed by atoms with Crippen molar-refractivity contribution < 1.29 is 9.90 Å². The van der Waals surface area contributed by atoms with Gasteiger partial charge in [0.05, 0.1) is 5.56 Å². The van der Waals surface area contributed by atoms with E-state index in [1.54, 1.807) is 12.1 Å². The van der Waals surface area contributed by atoms with Crippen LogP contribution in [0, 0.1) is 16.7 Å². The van der Waals surface area contributed by atoms with Gasteiger partial charge < -0.3 is 5.11 Å². The summed E-state index contributed by atoms with van der Waals surface area (Å²) in [5, 5.41) is 9.11. The molecule has 0 spiro atoms. The number of allylic oxidation sites excluding steroid dienone is 1. The summed E-state index contributed by atoms with van der Waals surface area (Å²) >= 11 is 1.89. The Hall–Kier alpha value is -1.87. The lowest BCUT2D eigenvalue weighted by molar-refractivity contribution is 0.0529. The highest BCUT2D eigenvalue weighted by atomic mass is 32.1. The van der Waals surface area contributed by atoms with E-state index in [0.29, 0.717) is 28.2 Å². The van der Waals surface area contributed by atoms with E-state index in [2.05, 4.69) is 45.9 Å². The molecule has 3 heteroatoms. The minimum atomic E-state index is -0.876. The topological polar surface area (TPSA) is 37.3 Å². The molecule has 1 fully saturated rings. The minimum Gasteiger partial charge on any atom is -0.478 e. The Balaban J connectivity index is 1.76. The van der Waals surface area contributed by atoms with E-state index in [4.69, 9.17) is 5.11 Å². The highest BCUT2D eigenvalue weighted by Crippen LogP contribution is 2.61. The molecule has 0 aliphatic heterocycles. The number of benzene rings is 1. The maximum atomic E-state index is 11.1. The third-order valence-electron chi connectivity index (χ3n) is 6.49. The van der Waals surface area contributed by atoms with Gasteiger partial charge >= 0.3 is 5.97 Å². The molecule has 26 heavy (non-hydrogen) atoms. The van der Waals surface area contributed by atoms with Crippen molar-refractivity contribution in [2.75, 3.05) is 0 Å². The second kappa shape index (κ2) is 5.82. The Labute approximate surface area is 159 Å². The van der Waals surface area contributed by atoms with E-state index < -0.39 is 5.97 Å². The summed E-state index contributed by atoms with van der Waals surface area (Å²) in [6, 6.07) is 9.53. The Morgan fingerprint density at radius 3 is 2.38 bits per heavy atom. The Bertz CT molecular complexity index is 883. The van der Waals surface area contributed by atoms with Gasteiger partial charge in [0.15, 0.2) is 0 Å². The van der Waals surface area contributed by atoms with Crippen LogP contribution >= 0.6 is 11.3 Å². The second-order valence-corrected chi connectivity index (χ2v) is 10.2. The lowest BCUT2D eigenvalue weighted by Gasteiger charge is -2.52. The zero-order chi connectivity index (χ0) is 18.7. The van der Waals surface area contributed by atoms with E-state index in [1.807, 2.05) is 23.5 Å². The number of rotatable bonds is 2. The average Bonchev–Trinajstić information content (AvgIpc) is 3.02. The predicted molar refractivity (Wildman–Crippen MR) is 109 cm³/mol. The number of hydrogen-bond acceptors (Lipinski definition) is 2. The molecule has 1 aromatic heterocycles. The smallest absolute Gasteiger partial charge is 0.335 e. The van der Waals surface area contributed by atoms with Crippen LogP contribution in [0.25, 0.3) is 16.5 Å². The van der Waals surface area contributed by atoms with Crippen molar-refractivity contribution in [2.45, 2.75) is 46.5 Å². The largest absolute Gasteiger partial charge is 0.478 e. The summed E-state index contributed by atoms with van der Waals surface area (Å²) in [6.07, 6.45) is 7.29. The van der Waals surface area contributed by atoms with E-state index in [9.17, 15) is 4.79 Å². The zero-order valence-electron chi connectivity index (χ0n) is 15.9. The molecule has 2 aromatic rings. The molecule has 2 nitrogen and oxygen atoms in total. The van der Waals surface area contributed by atoms with Crippen LogP contribution in [0.5, 0.6) is 0 Å². The molecule has 1 aromatic carbocycles. The third kappa shape index (κ3) is 2.73. The molecular weight excluding hydrogens is 340 g/mol. The number of carboxylic acid groups (broad SMARTS) is 1. The van der Waals surface area contributed by atoms with E-state index >= 15 is 0 Å². The molecule has 2 unspecified atom stereocenters. The fourth-order valence-corrected chi connectivity index (χ4v) is 6.23. The quantitative estimate of drug-likeness (QED) is 0.643. The zero-order valence-corrected chi connectivity index (χ0v) is 16.7. The molecule has 0 radical (unpaired) electrons. The number of aromatic carboxylic acids is 1. The molecule has 1 N–H and O–H groups in total. The Kier molecular flexibility index (Phi) is 3.92. The monoisotopic (exact) mass is 366 g/mol. The first kappa shape index (κ1) is 17.5. The van der Waals surface area contributed by atoms with Crippen LogP contribution in [0.3, 0.4) is 0 Å². The van der Waals surface area contributed by atoms with Gasteiger partial charge in [-0.05, 0) is 58.9 Å². The summed E-state index contributed by atoms with van der Waals surface area (Å²) in [7, 11) is 0. The van der Waals surface area contributed by atoms with Gasteiger partial charge in [-0.2, -0.15) is 0 Å². The van der Waals surface area contributed by atoms with E-state index in [-0.39, 0.29) is 0 Å². The number of carbonyl (C=O) groups is 1. The van der Waals surface area contributed by atoms with Gasteiger partial charge in [0.25, 0.3) is 0 Å². The van der Waals surface area contributed by atoms with E-state index in [0.717, 1.165) is 5.56 Å². The fourth-order valence-electron chi connectivity index (χ4n) is 4.71. The van der Waals surface area contributed by atoms with Gasteiger partial charge in [-0.25, -0.2) is 4.79 Å². The van der Waals surface area contributed by atoms with Crippen molar-refractivity contribution in [3.63, 3.8) is 0 Å². The highest BCUT2D eigenvalue weighted by Gasteiger charge is 2.49. The molecule has 0 amide bonds. The maximum absolute atomic E-state index is 11.1. The predicted octanol–water partition coefficient (Wildman–Crippen LogP) is 6.69. The first-order valence-electron chi connectivity index (χ1n) is 9.35. The van der Waals surface area contributed by atoms with Crippen molar-refractivity contribution in [3.8, 4) is 10.4 Å². The normalized spacial score (nSPS) is 25.4. The summed E-state index contributed by atoms with van der Waals surface area (Å²) in [6.45, 7) is 9.66. The molecular formula is C23H26O2S. The molecule has 4 rings (SSSR count). The highest BCUT2D eigenvalue weighted by molar-refractivity contribution is 7.15. The first-order chi connectivity index (χ1) is 12.2. The van der Waals surface area contributed by atoms with Crippen LogP contribution in [0.15, 0.2) is 36.4 Å². The van der Waals surface area contributed by atoms with E-state index in [1.165, 1.54) is 28.2 Å². The molecule has 136 valence electrons. The standard InChI is InChI=1S/C23H26O2S/c1-22(2)11-12-23(3,4)19-17(22)10-9-16-13-18(26-20(16)19)14-5-7-15(8-6-14)21(24)25/h5-10,13,17,19H,11-12H2,1-4H3,(H,24,25). The van der Waals surface area contributed by atoms with Crippen molar-refractivity contribution in [3.05, 3.63) is 52.4 Å². The molecule has 0 saturated heterocycles. The van der Waals surface area contributed by atoms with Crippen molar-refractivity contribution in [1.29, 1.82) is 0 Å². The first-order valence-corrected chi connectivity index (χ1v) is 10.2. The SMILES string of the molecule is CC1(C)CCC(C)(C)C2c3sc(-c4ccc(C(=O)O)cc4)cc3C=CC21. The van der Waals surface area contributed by atoms with Gasteiger partial charge in [0.2, 0.25) is 0 Å². The summed E-state index contributed by atoms with van der Waals surface area (Å²) < 4.78 is 0. The van der Waals surface area contributed by atoms with Crippen LogP contribution < -0.4 is 0 Å². The van der Waals surface area contributed by atoms with Crippen LogP contribution in [0.4, 0.5) is 0 Å². The number of thiophene rings is 1. The average molecular weight is 367 g/mol. The number of carboxylic acids is 1. The molecule has 2 atom stereocenters. The number of hydrogen-bond donors (Lipinski definition) is 1. The van der Waals surface area contributed by atoms with Gasteiger partial charge in [-0.15, -0.1) is 11.3 Å². The van der Waals surface area contributed by atoms with Crippen LogP contribution in [0.1, 0.15) is 67.3 Å². The van der Waals surface area contributed by atoms with Gasteiger partial charge in [0.1, 0.15) is 0 Å². The maximum Gasteiger partial charge on any atom is 0.335 e. The fraction of sp³-hybridized carbons (Fsp3) is 0.435. The lowest BCUT2D eigenvalue weighted by Crippen LogP contribution is -2.42. The Morgan fingerprint density at radius 2 is 1.73 bits per heavy atom. The van der Waals surface area contributed by atoms with Crippen LogP contribution in [-0.2, 0) is 0 Å². The van der Waals surface area contributed by atoms with Crippen molar-refractivity contribution in [1.82, 2.24) is 0 Å². The summed E-state index contributed by atoms with van der Waals surface area (Å²) in [5.41, 5.74) is 3.42. The van der Waals surface area contributed by atoms with Crippen LogP contribution in [-0.4, -0.2) is 11.1 Å². The molecule has 1 heterocycles. The second-order valence-electron chi connectivity index (χ2n) is 9.15. The van der Waals surface area contributed by atoms with Crippen molar-refractivity contribution >= 4 is 23.4 Å². The van der Waals surface area contributed by atoms with Gasteiger partial charge in [-0.3, -0.25) is 0 Å². The van der Waals surface area contributed by atoms with Gasteiger partial charge in [0, 0.05) is 15.7 Å².